The number of hydrogen-bond donors (Lipinski definition) is 2. The van der Waals surface area contributed by atoms with E-state index >= 15 is 0 Å². The first kappa shape index (κ1) is 10.6. The van der Waals surface area contributed by atoms with Crippen molar-refractivity contribution in [2.24, 2.45) is 11.0 Å². The number of hydrazone groups is 1. The average Bonchev–Trinajstić information content (AvgIpc) is 3.10. The number of nitrogens with zero attached hydrogens (tertiary/aromatic N) is 1. The van der Waals surface area contributed by atoms with E-state index in [9.17, 15) is 4.79 Å². The number of hydrogen-bond acceptors (Lipinski definition) is 2. The van der Waals surface area contributed by atoms with Gasteiger partial charge in [-0.1, -0.05) is 18.2 Å². The molecule has 1 amide bonds. The lowest BCUT2D eigenvalue weighted by atomic mass is 10.0. The number of aromatic amines is 1. The molecular formula is C15H13N3O. The van der Waals surface area contributed by atoms with Crippen molar-refractivity contribution in [2.75, 3.05) is 0 Å². The van der Waals surface area contributed by atoms with E-state index in [2.05, 4.69) is 21.6 Å². The molecule has 0 unspecified atom stereocenters. The molecule has 94 valence electrons. The van der Waals surface area contributed by atoms with Crippen molar-refractivity contribution in [3.05, 3.63) is 41.6 Å². The quantitative estimate of drug-likeness (QED) is 0.791. The highest BCUT2D eigenvalue weighted by atomic mass is 16.2. The van der Waals surface area contributed by atoms with E-state index in [-0.39, 0.29) is 5.91 Å². The molecule has 19 heavy (non-hydrogen) atoms. The zero-order valence-electron chi connectivity index (χ0n) is 10.3. The molecule has 0 radical (unpaired) electrons. The third-order valence-electron chi connectivity index (χ3n) is 3.68. The number of H-pyrrole nitrogens is 1. The Kier molecular flexibility index (Phi) is 2.12. The number of para-hydroxylation sites is 1. The number of carbonyl (C=O) groups is 1. The van der Waals surface area contributed by atoms with Crippen molar-refractivity contribution >= 4 is 28.6 Å². The minimum atomic E-state index is -0.0906. The summed E-state index contributed by atoms with van der Waals surface area (Å²) in [7, 11) is 0. The van der Waals surface area contributed by atoms with Crippen LogP contribution in [0.4, 0.5) is 0 Å². The highest BCUT2D eigenvalue weighted by Gasteiger charge is 2.35. The molecule has 0 spiro atoms. The summed E-state index contributed by atoms with van der Waals surface area (Å²) in [4.78, 5) is 15.1. The Labute approximate surface area is 110 Å². The van der Waals surface area contributed by atoms with Gasteiger partial charge in [-0.15, -0.1) is 0 Å². The van der Waals surface area contributed by atoms with Gasteiger partial charge in [0.1, 0.15) is 0 Å². The Morgan fingerprint density at radius 1 is 1.26 bits per heavy atom. The molecular weight excluding hydrogens is 238 g/mol. The summed E-state index contributed by atoms with van der Waals surface area (Å²) in [5.41, 5.74) is 6.33. The predicted octanol–water partition coefficient (Wildman–Crippen LogP) is 2.45. The molecule has 4 rings (SSSR count). The van der Waals surface area contributed by atoms with Crippen LogP contribution in [0.5, 0.6) is 0 Å². The first-order chi connectivity index (χ1) is 9.33. The second-order valence-electron chi connectivity index (χ2n) is 5.06. The van der Waals surface area contributed by atoms with Crippen LogP contribution in [0.1, 0.15) is 18.4 Å². The van der Waals surface area contributed by atoms with Gasteiger partial charge in [-0.2, -0.15) is 5.10 Å². The van der Waals surface area contributed by atoms with E-state index in [1.807, 2.05) is 30.5 Å². The van der Waals surface area contributed by atoms with Gasteiger partial charge >= 0.3 is 0 Å². The molecule has 2 aromatic rings. The summed E-state index contributed by atoms with van der Waals surface area (Å²) in [6.45, 7) is 0. The Bertz CT molecular complexity index is 735. The van der Waals surface area contributed by atoms with Crippen LogP contribution in [-0.2, 0) is 4.79 Å². The Morgan fingerprint density at radius 2 is 2.11 bits per heavy atom. The summed E-state index contributed by atoms with van der Waals surface area (Å²) >= 11 is 0. The Hall–Kier alpha value is -2.36. The first-order valence-corrected chi connectivity index (χ1v) is 6.49. The van der Waals surface area contributed by atoms with Gasteiger partial charge in [-0.25, -0.2) is 5.43 Å². The number of nitrogens with one attached hydrogen (secondary N) is 2. The van der Waals surface area contributed by atoms with Gasteiger partial charge in [-0.05, 0) is 25.0 Å². The molecule has 1 fully saturated rings. The number of rotatable bonds is 2. The van der Waals surface area contributed by atoms with E-state index in [0.29, 0.717) is 11.5 Å². The van der Waals surface area contributed by atoms with Gasteiger partial charge in [0.05, 0.1) is 11.3 Å². The molecule has 0 bridgehead atoms. The normalized spacial score (nSPS) is 20.9. The molecule has 0 saturated heterocycles. The van der Waals surface area contributed by atoms with Crippen LogP contribution in [0, 0.1) is 5.92 Å². The van der Waals surface area contributed by atoms with Crippen LogP contribution in [0.3, 0.4) is 0 Å². The fourth-order valence-corrected chi connectivity index (χ4v) is 2.52. The van der Waals surface area contributed by atoms with Crippen LogP contribution in [0.25, 0.3) is 17.0 Å². The largest absolute Gasteiger partial charge is 0.361 e. The lowest BCUT2D eigenvalue weighted by molar-refractivity contribution is -0.116. The molecule has 2 aliphatic rings. The van der Waals surface area contributed by atoms with Gasteiger partial charge < -0.3 is 4.98 Å². The number of amides is 1. The molecule has 1 saturated carbocycles. The van der Waals surface area contributed by atoms with E-state index in [1.54, 1.807) is 0 Å². The number of carbonyl (C=O) groups excluding carboxylic acids is 1. The van der Waals surface area contributed by atoms with Crippen LogP contribution >= 0.6 is 0 Å². The smallest absolute Gasteiger partial charge is 0.273 e. The number of fused-ring (bicyclic) bond motifs is 1. The maximum absolute atomic E-state index is 11.9. The number of aromatic nitrogens is 1. The molecule has 2 N–H and O–H groups in total. The third-order valence-corrected chi connectivity index (χ3v) is 3.68. The standard InChI is InChI=1S/C15H13N3O/c19-15-12(14(17-18-15)9-5-6-9)7-10-8-16-13-4-2-1-3-11(10)13/h1-4,7-9,16H,5-6H2,(H,18,19)/b12-7-. The molecule has 4 heteroatoms. The maximum Gasteiger partial charge on any atom is 0.273 e. The summed E-state index contributed by atoms with van der Waals surface area (Å²) in [6.07, 6.45) is 6.16. The molecule has 4 nitrogen and oxygen atoms in total. The van der Waals surface area contributed by atoms with Crippen LogP contribution in [0.2, 0.25) is 0 Å². The van der Waals surface area contributed by atoms with Crippen molar-refractivity contribution < 1.29 is 4.79 Å². The highest BCUT2D eigenvalue weighted by molar-refractivity contribution is 6.29. The maximum atomic E-state index is 11.9. The van der Waals surface area contributed by atoms with Crippen molar-refractivity contribution in [2.45, 2.75) is 12.8 Å². The van der Waals surface area contributed by atoms with Crippen molar-refractivity contribution in [1.82, 2.24) is 10.4 Å². The van der Waals surface area contributed by atoms with Gasteiger partial charge in [0.2, 0.25) is 0 Å². The monoisotopic (exact) mass is 251 g/mol. The Morgan fingerprint density at radius 3 is 2.95 bits per heavy atom. The minimum Gasteiger partial charge on any atom is -0.361 e. The first-order valence-electron chi connectivity index (χ1n) is 6.49. The van der Waals surface area contributed by atoms with Crippen LogP contribution in [-0.4, -0.2) is 16.6 Å². The fourth-order valence-electron chi connectivity index (χ4n) is 2.52. The summed E-state index contributed by atoms with van der Waals surface area (Å²) in [5.74, 6) is 0.377. The van der Waals surface area contributed by atoms with E-state index in [0.717, 1.165) is 35.0 Å². The average molecular weight is 251 g/mol. The predicted molar refractivity (Wildman–Crippen MR) is 74.6 cm³/mol. The summed E-state index contributed by atoms with van der Waals surface area (Å²) in [6, 6.07) is 8.08. The lowest BCUT2D eigenvalue weighted by Crippen LogP contribution is -2.13. The van der Waals surface area contributed by atoms with E-state index in [4.69, 9.17) is 0 Å². The Balaban J connectivity index is 1.82. The lowest BCUT2D eigenvalue weighted by Gasteiger charge is -1.98. The van der Waals surface area contributed by atoms with Crippen LogP contribution in [0.15, 0.2) is 41.1 Å². The van der Waals surface area contributed by atoms with Crippen LogP contribution < -0.4 is 5.43 Å². The summed E-state index contributed by atoms with van der Waals surface area (Å²) < 4.78 is 0. The van der Waals surface area contributed by atoms with Crippen molar-refractivity contribution in [3.8, 4) is 0 Å². The van der Waals surface area contributed by atoms with Crippen molar-refractivity contribution in [3.63, 3.8) is 0 Å². The minimum absolute atomic E-state index is 0.0906. The summed E-state index contributed by atoms with van der Waals surface area (Å²) in [5, 5.41) is 5.29. The SMILES string of the molecule is O=C1NN=C(C2CC2)/C1=C/c1c[nH]c2ccccc12. The second-order valence-corrected chi connectivity index (χ2v) is 5.06. The van der Waals surface area contributed by atoms with E-state index in [1.165, 1.54) is 0 Å². The zero-order chi connectivity index (χ0) is 12.8. The van der Waals surface area contributed by atoms with Gasteiger partial charge in [0.15, 0.2) is 0 Å². The molecule has 1 aliphatic carbocycles. The molecule has 1 aliphatic heterocycles. The molecule has 1 aromatic carbocycles. The van der Waals surface area contributed by atoms with Crippen molar-refractivity contribution in [1.29, 1.82) is 0 Å². The second kappa shape index (κ2) is 3.82. The highest BCUT2D eigenvalue weighted by Crippen LogP contribution is 2.35. The number of benzene rings is 1. The van der Waals surface area contributed by atoms with E-state index < -0.39 is 0 Å². The van der Waals surface area contributed by atoms with Gasteiger partial charge in [0.25, 0.3) is 5.91 Å². The fraction of sp³-hybridized carbons (Fsp3) is 0.200. The molecule has 0 atom stereocenters. The zero-order valence-corrected chi connectivity index (χ0v) is 10.3. The van der Waals surface area contributed by atoms with Gasteiger partial charge in [-0.3, -0.25) is 4.79 Å². The topological polar surface area (TPSA) is 57.2 Å². The third kappa shape index (κ3) is 1.68. The van der Waals surface area contributed by atoms with Gasteiger partial charge in [0, 0.05) is 28.6 Å². The molecule has 2 heterocycles. The molecule has 1 aromatic heterocycles.